The summed E-state index contributed by atoms with van der Waals surface area (Å²) in [6, 6.07) is 11.9. The Morgan fingerprint density at radius 2 is 1.93 bits per heavy atom. The van der Waals surface area contributed by atoms with E-state index in [1.165, 1.54) is 18.4 Å². The lowest BCUT2D eigenvalue weighted by Crippen LogP contribution is -2.24. The van der Waals surface area contributed by atoms with Crippen molar-refractivity contribution in [1.29, 1.82) is 0 Å². The van der Waals surface area contributed by atoms with Gasteiger partial charge in [0.1, 0.15) is 0 Å². The van der Waals surface area contributed by atoms with E-state index in [4.69, 9.17) is 4.52 Å². The minimum Gasteiger partial charge on any atom is -0.339 e. The van der Waals surface area contributed by atoms with Crippen molar-refractivity contribution in [3.63, 3.8) is 0 Å². The van der Waals surface area contributed by atoms with Crippen LogP contribution in [0.3, 0.4) is 0 Å². The Bertz CT molecular complexity index is 905. The number of aryl methyl sites for hydroxylation is 1. The first-order chi connectivity index (χ1) is 13.2. The van der Waals surface area contributed by atoms with Crippen LogP contribution in [0.5, 0.6) is 0 Å². The summed E-state index contributed by atoms with van der Waals surface area (Å²) >= 11 is 0. The van der Waals surface area contributed by atoms with Crippen molar-refractivity contribution >= 4 is 11.6 Å². The lowest BCUT2D eigenvalue weighted by atomic mass is 10.1. The summed E-state index contributed by atoms with van der Waals surface area (Å²) in [5.41, 5.74) is 3.09. The van der Waals surface area contributed by atoms with Gasteiger partial charge in [-0.15, -0.1) is 0 Å². The molecule has 1 saturated heterocycles. The van der Waals surface area contributed by atoms with E-state index < -0.39 is 0 Å². The maximum Gasteiger partial charge on any atom is 0.232 e. The van der Waals surface area contributed by atoms with Gasteiger partial charge in [0.2, 0.25) is 17.6 Å². The number of carbonyl (C=O) groups is 1. The van der Waals surface area contributed by atoms with Gasteiger partial charge in [0, 0.05) is 36.6 Å². The number of amides is 1. The molecule has 1 amide bonds. The van der Waals surface area contributed by atoms with Gasteiger partial charge in [-0.05, 0) is 42.7 Å². The first-order valence-corrected chi connectivity index (χ1v) is 9.38. The van der Waals surface area contributed by atoms with Gasteiger partial charge in [-0.2, -0.15) is 4.98 Å². The van der Waals surface area contributed by atoms with Crippen LogP contribution in [-0.4, -0.2) is 27.6 Å². The van der Waals surface area contributed by atoms with E-state index in [0.717, 1.165) is 17.7 Å². The Hall–Kier alpha value is -3.02. The van der Waals surface area contributed by atoms with Gasteiger partial charge in [0.25, 0.3) is 0 Å². The number of benzene rings is 1. The fourth-order valence-electron chi connectivity index (χ4n) is 3.37. The topological polar surface area (TPSA) is 72.1 Å². The zero-order chi connectivity index (χ0) is 18.6. The van der Waals surface area contributed by atoms with Crippen LogP contribution in [0.2, 0.25) is 0 Å². The fraction of sp³-hybridized carbons (Fsp3) is 0.333. The van der Waals surface area contributed by atoms with Crippen LogP contribution in [0.25, 0.3) is 11.4 Å². The second-order valence-corrected chi connectivity index (χ2v) is 6.87. The van der Waals surface area contributed by atoms with E-state index in [2.05, 4.69) is 34.2 Å². The van der Waals surface area contributed by atoms with Crippen molar-refractivity contribution < 1.29 is 9.32 Å². The summed E-state index contributed by atoms with van der Waals surface area (Å²) in [7, 11) is 0. The molecule has 1 aliphatic rings. The van der Waals surface area contributed by atoms with Gasteiger partial charge in [-0.1, -0.05) is 30.6 Å². The van der Waals surface area contributed by atoms with Crippen LogP contribution < -0.4 is 4.90 Å². The summed E-state index contributed by atoms with van der Waals surface area (Å²) in [5, 5.41) is 4.05. The zero-order valence-corrected chi connectivity index (χ0v) is 15.3. The molecule has 6 heteroatoms. The summed E-state index contributed by atoms with van der Waals surface area (Å²) in [4.78, 5) is 22.8. The van der Waals surface area contributed by atoms with Crippen LogP contribution >= 0.6 is 0 Å². The smallest absolute Gasteiger partial charge is 0.232 e. The molecular weight excluding hydrogens is 340 g/mol. The quantitative estimate of drug-likeness (QED) is 0.663. The molecule has 3 aromatic rings. The Labute approximate surface area is 158 Å². The number of rotatable bonds is 6. The van der Waals surface area contributed by atoms with Crippen molar-refractivity contribution in [3.8, 4) is 11.4 Å². The van der Waals surface area contributed by atoms with E-state index in [0.29, 0.717) is 24.7 Å². The summed E-state index contributed by atoms with van der Waals surface area (Å²) < 4.78 is 5.44. The highest BCUT2D eigenvalue weighted by atomic mass is 16.5. The van der Waals surface area contributed by atoms with Crippen molar-refractivity contribution in [3.05, 3.63) is 60.2 Å². The molecule has 0 radical (unpaired) electrons. The van der Waals surface area contributed by atoms with Gasteiger partial charge in [0.15, 0.2) is 0 Å². The maximum atomic E-state index is 12.5. The summed E-state index contributed by atoms with van der Waals surface area (Å²) in [6.45, 7) is 2.75. The number of pyridine rings is 1. The molecule has 3 heterocycles. The minimum atomic E-state index is -0.0830. The van der Waals surface area contributed by atoms with Crippen molar-refractivity contribution in [2.75, 3.05) is 11.4 Å². The van der Waals surface area contributed by atoms with E-state index in [9.17, 15) is 4.79 Å². The van der Waals surface area contributed by atoms with Gasteiger partial charge in [-0.3, -0.25) is 9.78 Å². The van der Waals surface area contributed by atoms with E-state index in [1.807, 2.05) is 29.2 Å². The molecule has 1 unspecified atom stereocenters. The molecule has 27 heavy (non-hydrogen) atoms. The first-order valence-electron chi connectivity index (χ1n) is 9.38. The normalized spacial score (nSPS) is 16.9. The lowest BCUT2D eigenvalue weighted by Gasteiger charge is -2.16. The van der Waals surface area contributed by atoms with Crippen LogP contribution in [0, 0.1) is 0 Å². The number of unbranched alkanes of at least 4 members (excludes halogenated alkanes) is 1. The predicted molar refractivity (Wildman–Crippen MR) is 102 cm³/mol. The van der Waals surface area contributed by atoms with Crippen LogP contribution in [-0.2, 0) is 11.2 Å². The van der Waals surface area contributed by atoms with Crippen molar-refractivity contribution in [2.45, 2.75) is 38.5 Å². The van der Waals surface area contributed by atoms with Crippen molar-refractivity contribution in [2.24, 2.45) is 0 Å². The molecule has 4 rings (SSSR count). The van der Waals surface area contributed by atoms with Crippen LogP contribution in [0.15, 0.2) is 53.3 Å². The van der Waals surface area contributed by atoms with Gasteiger partial charge in [-0.25, -0.2) is 0 Å². The van der Waals surface area contributed by atoms with Gasteiger partial charge in [0.05, 0.1) is 5.92 Å². The molecule has 1 atom stereocenters. The minimum absolute atomic E-state index is 0.0830. The Balaban J connectivity index is 1.47. The van der Waals surface area contributed by atoms with Gasteiger partial charge >= 0.3 is 0 Å². The highest BCUT2D eigenvalue weighted by Gasteiger charge is 2.35. The molecule has 0 N–H and O–H groups in total. The molecule has 1 aromatic carbocycles. The van der Waals surface area contributed by atoms with E-state index in [1.54, 1.807) is 12.4 Å². The number of nitrogens with zero attached hydrogens (tertiary/aromatic N) is 4. The molecule has 0 saturated carbocycles. The third-order valence-corrected chi connectivity index (χ3v) is 4.92. The molecular formula is C21H22N4O2. The number of hydrogen-bond acceptors (Lipinski definition) is 5. The predicted octanol–water partition coefficient (Wildman–Crippen LogP) is 3.99. The Morgan fingerprint density at radius 3 is 2.67 bits per heavy atom. The molecule has 0 spiro atoms. The Morgan fingerprint density at radius 1 is 1.15 bits per heavy atom. The molecule has 2 aromatic heterocycles. The molecule has 6 nitrogen and oxygen atoms in total. The number of hydrogen-bond donors (Lipinski definition) is 0. The van der Waals surface area contributed by atoms with Crippen LogP contribution in [0.4, 0.5) is 5.69 Å². The molecule has 0 aliphatic carbocycles. The van der Waals surface area contributed by atoms with E-state index in [-0.39, 0.29) is 11.8 Å². The highest BCUT2D eigenvalue weighted by molar-refractivity contribution is 5.96. The van der Waals surface area contributed by atoms with Crippen LogP contribution in [0.1, 0.15) is 43.6 Å². The average molecular weight is 362 g/mol. The highest BCUT2D eigenvalue weighted by Crippen LogP contribution is 2.32. The number of carbonyl (C=O) groups excluding carboxylic acids is 1. The Kier molecular flexibility index (Phi) is 4.96. The maximum absolute atomic E-state index is 12.5. The van der Waals surface area contributed by atoms with Crippen molar-refractivity contribution in [1.82, 2.24) is 15.1 Å². The third-order valence-electron chi connectivity index (χ3n) is 4.92. The molecule has 1 aliphatic heterocycles. The standard InChI is InChI=1S/C21H22N4O2/c1-2-3-4-15-5-7-18(8-6-15)25-14-17(13-19(25)26)21-23-20(24-27-21)16-9-11-22-12-10-16/h5-12,17H,2-4,13-14H2,1H3. The number of anilines is 1. The fourth-order valence-corrected chi connectivity index (χ4v) is 3.37. The first kappa shape index (κ1) is 17.4. The van der Waals surface area contributed by atoms with E-state index >= 15 is 0 Å². The summed E-state index contributed by atoms with van der Waals surface area (Å²) in [6.07, 6.45) is 7.20. The molecule has 0 bridgehead atoms. The average Bonchev–Trinajstić information content (AvgIpc) is 3.34. The second-order valence-electron chi connectivity index (χ2n) is 6.87. The van der Waals surface area contributed by atoms with Gasteiger partial charge < -0.3 is 9.42 Å². The largest absolute Gasteiger partial charge is 0.339 e. The molecule has 1 fully saturated rings. The third kappa shape index (κ3) is 3.74. The number of aromatic nitrogens is 3. The summed E-state index contributed by atoms with van der Waals surface area (Å²) in [5.74, 6) is 1.04. The lowest BCUT2D eigenvalue weighted by molar-refractivity contribution is -0.117. The SMILES string of the molecule is CCCCc1ccc(N2CC(c3nc(-c4ccncc4)no3)CC2=O)cc1. The second kappa shape index (κ2) is 7.70. The zero-order valence-electron chi connectivity index (χ0n) is 15.3. The monoisotopic (exact) mass is 362 g/mol. The molecule has 138 valence electrons.